The monoisotopic (exact) mass is 566 g/mol. The second kappa shape index (κ2) is 10.8. The maximum absolute atomic E-state index is 13.8. The van der Waals surface area contributed by atoms with Gasteiger partial charge in [0.2, 0.25) is 5.91 Å². The van der Waals surface area contributed by atoms with Crippen molar-refractivity contribution in [2.24, 2.45) is 0 Å². The number of likely N-dealkylation sites (tertiary alicyclic amines) is 2. The SMILES string of the molecule is Cc1cc(F)ccc1C1CN(C(=O)CN2CCCC2)CCC1OCc1cc(Br)ccc1Br. The lowest BCUT2D eigenvalue weighted by Gasteiger charge is -2.40. The van der Waals surface area contributed by atoms with E-state index in [4.69, 9.17) is 4.74 Å². The number of halogens is 3. The highest BCUT2D eigenvalue weighted by Gasteiger charge is 2.34. The quantitative estimate of drug-likeness (QED) is 0.452. The first kappa shape index (κ1) is 23.9. The van der Waals surface area contributed by atoms with Gasteiger partial charge in [-0.1, -0.05) is 37.9 Å². The third-order valence-electron chi connectivity index (χ3n) is 6.55. The molecule has 2 fully saturated rings. The van der Waals surface area contributed by atoms with E-state index in [1.807, 2.05) is 30.0 Å². The Morgan fingerprint density at radius 1 is 1.12 bits per heavy atom. The molecule has 2 aliphatic heterocycles. The van der Waals surface area contributed by atoms with Crippen molar-refractivity contribution in [1.82, 2.24) is 9.80 Å². The summed E-state index contributed by atoms with van der Waals surface area (Å²) in [5, 5.41) is 0. The summed E-state index contributed by atoms with van der Waals surface area (Å²) in [6, 6.07) is 11.0. The molecule has 4 rings (SSSR count). The molecule has 172 valence electrons. The Morgan fingerprint density at radius 3 is 2.66 bits per heavy atom. The van der Waals surface area contributed by atoms with Crippen molar-refractivity contribution in [3.05, 3.63) is 67.9 Å². The minimum Gasteiger partial charge on any atom is -0.373 e. The summed E-state index contributed by atoms with van der Waals surface area (Å²) in [7, 11) is 0. The molecule has 0 N–H and O–H groups in total. The molecule has 0 aromatic heterocycles. The number of carbonyl (C=O) groups is 1. The van der Waals surface area contributed by atoms with Crippen LogP contribution in [0.15, 0.2) is 45.3 Å². The fourth-order valence-corrected chi connectivity index (χ4v) is 5.56. The maximum atomic E-state index is 13.8. The van der Waals surface area contributed by atoms with E-state index in [0.29, 0.717) is 26.2 Å². The maximum Gasteiger partial charge on any atom is 0.236 e. The van der Waals surface area contributed by atoms with Crippen molar-refractivity contribution in [3.63, 3.8) is 0 Å². The summed E-state index contributed by atoms with van der Waals surface area (Å²) in [5.74, 6) is -0.0396. The highest BCUT2D eigenvalue weighted by molar-refractivity contribution is 9.11. The summed E-state index contributed by atoms with van der Waals surface area (Å²) in [6.07, 6.45) is 3.07. The molecule has 2 aromatic rings. The number of rotatable bonds is 6. The van der Waals surface area contributed by atoms with E-state index in [0.717, 1.165) is 45.1 Å². The highest BCUT2D eigenvalue weighted by Crippen LogP contribution is 2.33. The number of hydrogen-bond donors (Lipinski definition) is 0. The van der Waals surface area contributed by atoms with E-state index < -0.39 is 0 Å². The first-order valence-electron chi connectivity index (χ1n) is 11.2. The molecule has 32 heavy (non-hydrogen) atoms. The molecule has 2 atom stereocenters. The Bertz CT molecular complexity index is 965. The largest absolute Gasteiger partial charge is 0.373 e. The minimum absolute atomic E-state index is 0.0119. The molecule has 2 aliphatic rings. The van der Waals surface area contributed by atoms with Gasteiger partial charge in [0.1, 0.15) is 5.82 Å². The normalized spacial score (nSPS) is 21.8. The van der Waals surface area contributed by atoms with Gasteiger partial charge in [-0.25, -0.2) is 4.39 Å². The molecular formula is C25H29Br2FN2O2. The zero-order valence-corrected chi connectivity index (χ0v) is 21.5. The second-order valence-electron chi connectivity index (χ2n) is 8.80. The summed E-state index contributed by atoms with van der Waals surface area (Å²) in [4.78, 5) is 17.2. The predicted octanol–water partition coefficient (Wildman–Crippen LogP) is 5.66. The zero-order chi connectivity index (χ0) is 22.7. The van der Waals surface area contributed by atoms with E-state index in [9.17, 15) is 9.18 Å². The van der Waals surface area contributed by atoms with Crippen LogP contribution >= 0.6 is 31.9 Å². The van der Waals surface area contributed by atoms with Crippen molar-refractivity contribution in [1.29, 1.82) is 0 Å². The van der Waals surface area contributed by atoms with Crippen LogP contribution in [0.5, 0.6) is 0 Å². The van der Waals surface area contributed by atoms with E-state index in [1.54, 1.807) is 6.07 Å². The molecule has 0 spiro atoms. The van der Waals surface area contributed by atoms with Crippen LogP contribution in [0.3, 0.4) is 0 Å². The van der Waals surface area contributed by atoms with Gasteiger partial charge in [-0.3, -0.25) is 9.69 Å². The average Bonchev–Trinajstić information content (AvgIpc) is 3.27. The molecule has 4 nitrogen and oxygen atoms in total. The fraction of sp³-hybridized carbons (Fsp3) is 0.480. The molecule has 2 heterocycles. The smallest absolute Gasteiger partial charge is 0.236 e. The number of hydrogen-bond acceptors (Lipinski definition) is 3. The standard InChI is InChI=1S/C25H29Br2FN2O2/c1-17-12-20(28)5-6-21(17)22-14-30(25(31)15-29-9-2-3-10-29)11-8-24(22)32-16-18-13-19(26)4-7-23(18)27/h4-7,12-13,22,24H,2-3,8-11,14-16H2,1H3. The van der Waals surface area contributed by atoms with Crippen LogP contribution in [0, 0.1) is 12.7 Å². The number of aryl methyl sites for hydroxylation is 1. The first-order valence-corrected chi connectivity index (χ1v) is 12.8. The third kappa shape index (κ3) is 5.79. The summed E-state index contributed by atoms with van der Waals surface area (Å²) < 4.78 is 22.2. The first-order chi connectivity index (χ1) is 15.4. The Balaban J connectivity index is 1.51. The van der Waals surface area contributed by atoms with E-state index in [1.165, 1.54) is 18.9 Å². The summed E-state index contributed by atoms with van der Waals surface area (Å²) in [6.45, 7) is 6.21. The lowest BCUT2D eigenvalue weighted by Crippen LogP contribution is -2.48. The average molecular weight is 568 g/mol. The van der Waals surface area contributed by atoms with Crippen LogP contribution in [0.4, 0.5) is 4.39 Å². The van der Waals surface area contributed by atoms with Crippen molar-refractivity contribution in [2.75, 3.05) is 32.7 Å². The molecule has 0 bridgehead atoms. The van der Waals surface area contributed by atoms with Crippen LogP contribution < -0.4 is 0 Å². The number of amides is 1. The number of piperidine rings is 1. The number of carbonyl (C=O) groups excluding carboxylic acids is 1. The molecule has 0 radical (unpaired) electrons. The van der Waals surface area contributed by atoms with Gasteiger partial charge in [0.05, 0.1) is 19.3 Å². The molecule has 7 heteroatoms. The van der Waals surface area contributed by atoms with Crippen molar-refractivity contribution in [3.8, 4) is 0 Å². The Labute approximate surface area is 206 Å². The van der Waals surface area contributed by atoms with E-state index in [-0.39, 0.29) is 23.7 Å². The van der Waals surface area contributed by atoms with Gasteiger partial charge < -0.3 is 9.64 Å². The van der Waals surface area contributed by atoms with Gasteiger partial charge in [-0.05, 0) is 86.3 Å². The molecule has 1 amide bonds. The van der Waals surface area contributed by atoms with Gasteiger partial charge in [-0.15, -0.1) is 0 Å². The minimum atomic E-state index is -0.237. The van der Waals surface area contributed by atoms with E-state index >= 15 is 0 Å². The van der Waals surface area contributed by atoms with Gasteiger partial charge in [0, 0.05) is 28.0 Å². The molecule has 0 aliphatic carbocycles. The van der Waals surface area contributed by atoms with E-state index in [2.05, 4.69) is 42.8 Å². The number of ether oxygens (including phenoxy) is 1. The third-order valence-corrected chi connectivity index (χ3v) is 7.82. The highest BCUT2D eigenvalue weighted by atomic mass is 79.9. The second-order valence-corrected chi connectivity index (χ2v) is 10.6. The molecule has 2 unspecified atom stereocenters. The lowest BCUT2D eigenvalue weighted by atomic mass is 9.85. The van der Waals surface area contributed by atoms with Crippen molar-refractivity contribution in [2.45, 2.75) is 44.8 Å². The van der Waals surface area contributed by atoms with Gasteiger partial charge in [-0.2, -0.15) is 0 Å². The number of benzene rings is 2. The Morgan fingerprint density at radius 2 is 1.91 bits per heavy atom. The zero-order valence-electron chi connectivity index (χ0n) is 18.3. The predicted molar refractivity (Wildman–Crippen MR) is 131 cm³/mol. The Hall–Kier alpha value is -1.28. The van der Waals surface area contributed by atoms with Gasteiger partial charge >= 0.3 is 0 Å². The Kier molecular flexibility index (Phi) is 8.03. The topological polar surface area (TPSA) is 32.8 Å². The van der Waals surface area contributed by atoms with Crippen LogP contribution in [-0.4, -0.2) is 54.5 Å². The van der Waals surface area contributed by atoms with Crippen molar-refractivity contribution < 1.29 is 13.9 Å². The van der Waals surface area contributed by atoms with Gasteiger partial charge in [0.25, 0.3) is 0 Å². The molecule has 2 aromatic carbocycles. The summed E-state index contributed by atoms with van der Waals surface area (Å²) in [5.41, 5.74) is 3.03. The summed E-state index contributed by atoms with van der Waals surface area (Å²) >= 11 is 7.13. The van der Waals surface area contributed by atoms with Crippen LogP contribution in [-0.2, 0) is 16.1 Å². The molecule has 0 saturated carbocycles. The van der Waals surface area contributed by atoms with Crippen LogP contribution in [0.2, 0.25) is 0 Å². The molecular weight excluding hydrogens is 539 g/mol. The number of nitrogens with zero attached hydrogens (tertiary/aromatic N) is 2. The van der Waals surface area contributed by atoms with Crippen LogP contribution in [0.25, 0.3) is 0 Å². The van der Waals surface area contributed by atoms with Crippen LogP contribution in [0.1, 0.15) is 41.9 Å². The lowest BCUT2D eigenvalue weighted by molar-refractivity contribution is -0.135. The molecule has 2 saturated heterocycles. The van der Waals surface area contributed by atoms with Crippen molar-refractivity contribution >= 4 is 37.8 Å². The van der Waals surface area contributed by atoms with Gasteiger partial charge in [0.15, 0.2) is 0 Å². The fourth-order valence-electron chi connectivity index (χ4n) is 4.79.